The van der Waals surface area contributed by atoms with E-state index in [9.17, 15) is 0 Å². The second-order valence-corrected chi connectivity index (χ2v) is 5.03. The Balaban J connectivity index is 1.94. The highest BCUT2D eigenvalue weighted by atomic mass is 16.5. The Morgan fingerprint density at radius 3 is 2.20 bits per heavy atom. The Hall–Kier alpha value is -2.54. The zero-order chi connectivity index (χ0) is 13.5. The summed E-state index contributed by atoms with van der Waals surface area (Å²) in [7, 11) is 1.71. The van der Waals surface area contributed by atoms with Crippen LogP contribution in [0.1, 0.15) is 22.3 Å². The minimum Gasteiger partial charge on any atom is -0.497 e. The average molecular weight is 258 g/mol. The maximum atomic E-state index is 5.35. The molecule has 0 unspecified atom stereocenters. The molecule has 4 rings (SSSR count). The molecule has 2 aliphatic rings. The maximum Gasteiger partial charge on any atom is 0.119 e. The minimum atomic E-state index is 0.904. The molecular formula is C19H14O. The van der Waals surface area contributed by atoms with Gasteiger partial charge in [-0.25, -0.2) is 0 Å². The van der Waals surface area contributed by atoms with Crippen molar-refractivity contribution in [3.63, 3.8) is 0 Å². The Morgan fingerprint density at radius 1 is 0.700 bits per heavy atom. The summed E-state index contributed by atoms with van der Waals surface area (Å²) < 4.78 is 5.35. The van der Waals surface area contributed by atoms with Crippen LogP contribution in [0, 0.1) is 0 Å². The van der Waals surface area contributed by atoms with Crippen LogP contribution in [-0.2, 0) is 0 Å². The number of benzene rings is 2. The van der Waals surface area contributed by atoms with Crippen molar-refractivity contribution in [1.82, 2.24) is 0 Å². The van der Waals surface area contributed by atoms with Gasteiger partial charge in [0.25, 0.3) is 0 Å². The van der Waals surface area contributed by atoms with E-state index in [-0.39, 0.29) is 0 Å². The van der Waals surface area contributed by atoms with Crippen LogP contribution in [0.3, 0.4) is 0 Å². The molecule has 2 aliphatic carbocycles. The summed E-state index contributed by atoms with van der Waals surface area (Å²) in [4.78, 5) is 0. The summed E-state index contributed by atoms with van der Waals surface area (Å²) in [6.45, 7) is 0. The average Bonchev–Trinajstić information content (AvgIpc) is 3.09. The minimum absolute atomic E-state index is 0.904. The predicted molar refractivity (Wildman–Crippen MR) is 84.3 cm³/mol. The first-order chi connectivity index (χ1) is 9.86. The number of methoxy groups -OCH3 is 1. The molecule has 0 aromatic heterocycles. The fourth-order valence-corrected chi connectivity index (χ4v) is 2.92. The van der Waals surface area contributed by atoms with E-state index in [1.807, 2.05) is 6.07 Å². The van der Waals surface area contributed by atoms with Crippen LogP contribution in [0.2, 0.25) is 0 Å². The van der Waals surface area contributed by atoms with Crippen molar-refractivity contribution in [2.45, 2.75) is 0 Å². The van der Waals surface area contributed by atoms with Crippen molar-refractivity contribution in [3.05, 3.63) is 76.9 Å². The third-order valence-corrected chi connectivity index (χ3v) is 3.95. The zero-order valence-electron chi connectivity index (χ0n) is 11.3. The van der Waals surface area contributed by atoms with Crippen molar-refractivity contribution in [2.24, 2.45) is 0 Å². The van der Waals surface area contributed by atoms with Gasteiger partial charge in [-0.05, 0) is 45.5 Å². The molecule has 0 spiro atoms. The molecule has 0 radical (unpaired) electrons. The van der Waals surface area contributed by atoms with Crippen molar-refractivity contribution in [3.8, 4) is 5.75 Å². The summed E-state index contributed by atoms with van der Waals surface area (Å²) in [5.41, 5.74) is 7.68. The monoisotopic (exact) mass is 258 g/mol. The van der Waals surface area contributed by atoms with Gasteiger partial charge in [0.05, 0.1) is 7.11 Å². The van der Waals surface area contributed by atoms with Gasteiger partial charge in [0.15, 0.2) is 0 Å². The Kier molecular flexibility index (Phi) is 2.40. The molecule has 0 aliphatic heterocycles. The molecule has 2 aromatic carbocycles. The molecule has 0 saturated carbocycles. The number of ether oxygens (including phenoxy) is 1. The van der Waals surface area contributed by atoms with E-state index in [1.165, 1.54) is 33.4 Å². The first-order valence-electron chi connectivity index (χ1n) is 6.75. The van der Waals surface area contributed by atoms with Gasteiger partial charge in [-0.2, -0.15) is 0 Å². The smallest absolute Gasteiger partial charge is 0.119 e. The molecule has 1 heteroatoms. The lowest BCUT2D eigenvalue weighted by molar-refractivity contribution is 0.414. The van der Waals surface area contributed by atoms with Crippen LogP contribution in [0.4, 0.5) is 0 Å². The molecule has 0 saturated heterocycles. The summed E-state index contributed by atoms with van der Waals surface area (Å²) >= 11 is 0. The summed E-state index contributed by atoms with van der Waals surface area (Å²) in [5, 5.41) is 0. The quantitative estimate of drug-likeness (QED) is 0.723. The highest BCUT2D eigenvalue weighted by Crippen LogP contribution is 2.41. The first-order valence-corrected chi connectivity index (χ1v) is 6.75. The van der Waals surface area contributed by atoms with Crippen LogP contribution in [0.25, 0.3) is 23.3 Å². The van der Waals surface area contributed by atoms with E-state index in [0.717, 1.165) is 5.75 Å². The summed E-state index contributed by atoms with van der Waals surface area (Å²) in [6.07, 6.45) is 8.76. The van der Waals surface area contributed by atoms with Gasteiger partial charge in [-0.15, -0.1) is 0 Å². The van der Waals surface area contributed by atoms with Crippen molar-refractivity contribution < 1.29 is 4.74 Å². The molecule has 0 N–H and O–H groups in total. The summed E-state index contributed by atoms with van der Waals surface area (Å²) in [6, 6.07) is 14.8. The number of rotatable bonds is 1. The van der Waals surface area contributed by atoms with Crippen LogP contribution in [0.15, 0.2) is 54.6 Å². The molecule has 0 atom stereocenters. The highest BCUT2D eigenvalue weighted by Gasteiger charge is 2.19. The van der Waals surface area contributed by atoms with Gasteiger partial charge in [0.2, 0.25) is 0 Å². The van der Waals surface area contributed by atoms with Gasteiger partial charge in [-0.3, -0.25) is 0 Å². The van der Waals surface area contributed by atoms with E-state index in [1.54, 1.807) is 7.11 Å². The number of fused-ring (bicyclic) bond motifs is 2. The lowest BCUT2D eigenvalue weighted by Gasteiger charge is -2.09. The van der Waals surface area contributed by atoms with E-state index in [0.29, 0.717) is 0 Å². The Labute approximate surface area is 118 Å². The molecule has 1 nitrogen and oxygen atoms in total. The van der Waals surface area contributed by atoms with Gasteiger partial charge in [0, 0.05) is 0 Å². The van der Waals surface area contributed by atoms with E-state index >= 15 is 0 Å². The zero-order valence-corrected chi connectivity index (χ0v) is 11.3. The molecule has 0 fully saturated rings. The van der Waals surface area contributed by atoms with Gasteiger partial charge in [0.1, 0.15) is 5.75 Å². The number of hydrogen-bond donors (Lipinski definition) is 0. The van der Waals surface area contributed by atoms with Crippen LogP contribution < -0.4 is 4.74 Å². The van der Waals surface area contributed by atoms with Crippen LogP contribution in [-0.4, -0.2) is 7.11 Å². The second-order valence-electron chi connectivity index (χ2n) is 5.03. The topological polar surface area (TPSA) is 9.23 Å². The highest BCUT2D eigenvalue weighted by molar-refractivity contribution is 6.10. The number of allylic oxidation sites excluding steroid dienone is 4. The van der Waals surface area contributed by atoms with E-state index < -0.39 is 0 Å². The summed E-state index contributed by atoms with van der Waals surface area (Å²) in [5.74, 6) is 0.904. The largest absolute Gasteiger partial charge is 0.497 e. The molecule has 2 aromatic rings. The normalized spacial score (nSPS) is 18.2. The lowest BCUT2D eigenvalue weighted by atomic mass is 9.97. The maximum absolute atomic E-state index is 5.35. The van der Waals surface area contributed by atoms with Crippen LogP contribution in [0.5, 0.6) is 5.75 Å². The van der Waals surface area contributed by atoms with E-state index in [2.05, 4.69) is 60.7 Å². The van der Waals surface area contributed by atoms with Gasteiger partial charge >= 0.3 is 0 Å². The molecular weight excluding hydrogens is 244 g/mol. The van der Waals surface area contributed by atoms with E-state index in [4.69, 9.17) is 4.74 Å². The predicted octanol–water partition coefficient (Wildman–Crippen LogP) is 4.66. The Morgan fingerprint density at radius 2 is 1.40 bits per heavy atom. The molecule has 20 heavy (non-hydrogen) atoms. The first kappa shape index (κ1) is 11.3. The fourth-order valence-electron chi connectivity index (χ4n) is 2.92. The third-order valence-electron chi connectivity index (χ3n) is 3.95. The molecule has 0 bridgehead atoms. The standard InChI is InChI=1S/C19H14O/c1-20-15-9-6-14-8-11-18(19(14)12-15)17-10-7-13-4-2-3-5-16(13)17/h2-12H,1H3/b18-17+. The second kappa shape index (κ2) is 4.24. The number of hydrogen-bond acceptors (Lipinski definition) is 1. The van der Waals surface area contributed by atoms with Gasteiger partial charge < -0.3 is 4.74 Å². The lowest BCUT2D eigenvalue weighted by Crippen LogP contribution is -1.89. The van der Waals surface area contributed by atoms with Crippen LogP contribution >= 0.6 is 0 Å². The Bertz CT molecular complexity index is 791. The fraction of sp³-hybridized carbons (Fsp3) is 0.0526. The molecule has 0 amide bonds. The molecule has 0 heterocycles. The van der Waals surface area contributed by atoms with Crippen molar-refractivity contribution in [2.75, 3.05) is 7.11 Å². The van der Waals surface area contributed by atoms with Crippen molar-refractivity contribution >= 4 is 23.3 Å². The van der Waals surface area contributed by atoms with Crippen molar-refractivity contribution in [1.29, 1.82) is 0 Å². The molecule has 96 valence electrons. The van der Waals surface area contributed by atoms with Gasteiger partial charge in [-0.1, -0.05) is 54.6 Å². The third kappa shape index (κ3) is 1.56. The SMILES string of the molecule is COc1ccc2c(c1)/C(=C1\C=Cc3ccccc31)C=C2.